The summed E-state index contributed by atoms with van der Waals surface area (Å²) in [6.07, 6.45) is 0. The summed E-state index contributed by atoms with van der Waals surface area (Å²) in [5, 5.41) is 5.72. The van der Waals surface area contributed by atoms with Crippen LogP contribution in [0.5, 0.6) is 0 Å². The third kappa shape index (κ3) is 5.65. The zero-order valence-corrected chi connectivity index (χ0v) is 15.5. The van der Waals surface area contributed by atoms with E-state index in [2.05, 4.69) is 10.3 Å². The Labute approximate surface area is 149 Å². The van der Waals surface area contributed by atoms with E-state index in [4.69, 9.17) is 4.74 Å². The van der Waals surface area contributed by atoms with Crippen molar-refractivity contribution in [2.24, 2.45) is 0 Å². The minimum Gasteiger partial charge on any atom is -0.452 e. The molecule has 0 aliphatic rings. The fraction of sp³-hybridized carbons (Fsp3) is 0.353. The number of carbonyl (C=O) groups is 2. The summed E-state index contributed by atoms with van der Waals surface area (Å²) in [5.74, 6) is -0.115. The Morgan fingerprint density at radius 3 is 2.75 bits per heavy atom. The molecule has 2 rings (SSSR count). The Morgan fingerprint density at radius 2 is 2.08 bits per heavy atom. The summed E-state index contributed by atoms with van der Waals surface area (Å²) in [6, 6.07) is 7.24. The maximum atomic E-state index is 12.2. The van der Waals surface area contributed by atoms with Crippen molar-refractivity contribution < 1.29 is 14.3 Å². The van der Waals surface area contributed by atoms with E-state index >= 15 is 0 Å². The van der Waals surface area contributed by atoms with Crippen LogP contribution in [0.25, 0.3) is 0 Å². The van der Waals surface area contributed by atoms with Crippen molar-refractivity contribution in [3.05, 3.63) is 45.9 Å². The number of hydrogen-bond donors (Lipinski definition) is 1. The molecule has 1 aromatic carbocycles. The van der Waals surface area contributed by atoms with E-state index in [1.807, 2.05) is 38.3 Å². The molecule has 0 saturated heterocycles. The molecule has 0 saturated carbocycles. The number of amides is 1. The second kappa shape index (κ2) is 8.84. The lowest BCUT2D eigenvalue weighted by atomic mass is 10.2. The highest BCUT2D eigenvalue weighted by Crippen LogP contribution is 2.27. The van der Waals surface area contributed by atoms with Gasteiger partial charge in [0.05, 0.1) is 16.3 Å². The first kappa shape index (κ1) is 18.5. The number of nitrogens with zero attached hydrogens (tertiary/aromatic N) is 1. The molecule has 1 heterocycles. The van der Waals surface area contributed by atoms with Gasteiger partial charge in [-0.05, 0) is 32.9 Å². The minimum absolute atomic E-state index is 0.0145. The molecule has 0 atom stereocenters. The molecule has 24 heavy (non-hydrogen) atoms. The van der Waals surface area contributed by atoms with Gasteiger partial charge in [0.15, 0.2) is 6.61 Å². The van der Waals surface area contributed by atoms with E-state index in [1.54, 1.807) is 23.5 Å². The van der Waals surface area contributed by atoms with Crippen molar-refractivity contribution in [1.82, 2.24) is 10.3 Å². The molecule has 1 amide bonds. The number of benzene rings is 1. The standard InChI is InChI=1S/C17H20N2O3S2/c1-11(2)18-16(20)8-22-17(21)14-6-4-5-7-15(14)24-10-13-9-23-12(3)19-13/h4-7,9,11H,8,10H2,1-3H3,(H,18,20). The van der Waals surface area contributed by atoms with E-state index in [0.29, 0.717) is 11.3 Å². The molecule has 0 spiro atoms. The quantitative estimate of drug-likeness (QED) is 0.602. The van der Waals surface area contributed by atoms with Gasteiger partial charge in [0.2, 0.25) is 0 Å². The summed E-state index contributed by atoms with van der Waals surface area (Å²) in [4.78, 5) is 29.1. The lowest BCUT2D eigenvalue weighted by molar-refractivity contribution is -0.124. The van der Waals surface area contributed by atoms with Crippen molar-refractivity contribution in [3.63, 3.8) is 0 Å². The van der Waals surface area contributed by atoms with Crippen molar-refractivity contribution >= 4 is 35.0 Å². The van der Waals surface area contributed by atoms with Crippen LogP contribution >= 0.6 is 23.1 Å². The average molecular weight is 364 g/mol. The van der Waals surface area contributed by atoms with Crippen LogP contribution in [0.1, 0.15) is 34.9 Å². The molecule has 128 valence electrons. The van der Waals surface area contributed by atoms with Crippen LogP contribution in [0.3, 0.4) is 0 Å². The monoisotopic (exact) mass is 364 g/mol. The molecule has 0 unspecified atom stereocenters. The molecule has 0 aliphatic carbocycles. The number of esters is 1. The molecule has 1 aromatic heterocycles. The smallest absolute Gasteiger partial charge is 0.339 e. The van der Waals surface area contributed by atoms with Crippen molar-refractivity contribution in [3.8, 4) is 0 Å². The van der Waals surface area contributed by atoms with E-state index in [-0.39, 0.29) is 18.6 Å². The molecule has 0 radical (unpaired) electrons. The van der Waals surface area contributed by atoms with Crippen LogP contribution in [0.15, 0.2) is 34.5 Å². The number of ether oxygens (including phenoxy) is 1. The van der Waals surface area contributed by atoms with Gasteiger partial charge in [-0.25, -0.2) is 9.78 Å². The topological polar surface area (TPSA) is 68.3 Å². The van der Waals surface area contributed by atoms with Gasteiger partial charge in [0.1, 0.15) is 0 Å². The number of nitrogens with one attached hydrogen (secondary N) is 1. The SMILES string of the molecule is Cc1nc(CSc2ccccc2C(=O)OCC(=O)NC(C)C)cs1. The zero-order valence-electron chi connectivity index (χ0n) is 13.9. The maximum absolute atomic E-state index is 12.2. The summed E-state index contributed by atoms with van der Waals surface area (Å²) in [7, 11) is 0. The highest BCUT2D eigenvalue weighted by Gasteiger charge is 2.15. The van der Waals surface area contributed by atoms with Gasteiger partial charge >= 0.3 is 5.97 Å². The first-order chi connectivity index (χ1) is 11.5. The lowest BCUT2D eigenvalue weighted by Crippen LogP contribution is -2.34. The molecule has 0 aliphatic heterocycles. The largest absolute Gasteiger partial charge is 0.452 e. The van der Waals surface area contributed by atoms with Gasteiger partial charge in [-0.3, -0.25) is 4.79 Å². The van der Waals surface area contributed by atoms with E-state index in [1.165, 1.54) is 11.8 Å². The Hall–Kier alpha value is -1.86. The highest BCUT2D eigenvalue weighted by molar-refractivity contribution is 7.98. The molecule has 0 bridgehead atoms. The van der Waals surface area contributed by atoms with Gasteiger partial charge < -0.3 is 10.1 Å². The summed E-state index contributed by atoms with van der Waals surface area (Å²) in [6.45, 7) is 5.39. The minimum atomic E-state index is -0.494. The summed E-state index contributed by atoms with van der Waals surface area (Å²) >= 11 is 3.14. The number of aryl methyl sites for hydroxylation is 1. The van der Waals surface area contributed by atoms with Crippen LogP contribution in [0.2, 0.25) is 0 Å². The maximum Gasteiger partial charge on any atom is 0.339 e. The second-order valence-corrected chi connectivity index (χ2v) is 7.52. The van der Waals surface area contributed by atoms with Crippen molar-refractivity contribution in [1.29, 1.82) is 0 Å². The fourth-order valence-corrected chi connectivity index (χ4v) is 3.61. The fourth-order valence-electron chi connectivity index (χ4n) is 1.96. The van der Waals surface area contributed by atoms with Crippen LogP contribution in [-0.2, 0) is 15.3 Å². The highest BCUT2D eigenvalue weighted by atomic mass is 32.2. The molecule has 5 nitrogen and oxygen atoms in total. The number of carbonyl (C=O) groups excluding carboxylic acids is 2. The summed E-state index contributed by atoms with van der Waals surface area (Å²) in [5.41, 5.74) is 1.45. The molecule has 7 heteroatoms. The zero-order chi connectivity index (χ0) is 17.5. The van der Waals surface area contributed by atoms with Gasteiger partial charge in [-0.2, -0.15) is 0 Å². The van der Waals surface area contributed by atoms with Crippen LogP contribution < -0.4 is 5.32 Å². The van der Waals surface area contributed by atoms with Gasteiger partial charge in [-0.1, -0.05) is 12.1 Å². The van der Waals surface area contributed by atoms with Gasteiger partial charge in [0, 0.05) is 22.1 Å². The van der Waals surface area contributed by atoms with E-state index < -0.39 is 5.97 Å². The average Bonchev–Trinajstić information content (AvgIpc) is 2.96. The Morgan fingerprint density at radius 1 is 1.33 bits per heavy atom. The third-order valence-corrected chi connectivity index (χ3v) is 4.86. The van der Waals surface area contributed by atoms with E-state index in [9.17, 15) is 9.59 Å². The molecule has 2 aromatic rings. The van der Waals surface area contributed by atoms with Gasteiger partial charge in [0.25, 0.3) is 5.91 Å². The lowest BCUT2D eigenvalue weighted by Gasteiger charge is -2.10. The van der Waals surface area contributed by atoms with Crippen LogP contribution in [-0.4, -0.2) is 29.5 Å². The number of aromatic nitrogens is 1. The number of rotatable bonds is 7. The molecule has 0 fully saturated rings. The molecular formula is C17H20N2O3S2. The second-order valence-electron chi connectivity index (χ2n) is 5.44. The molecular weight excluding hydrogens is 344 g/mol. The molecule has 1 N–H and O–H groups in total. The number of thiazole rings is 1. The Balaban J connectivity index is 1.97. The van der Waals surface area contributed by atoms with Crippen LogP contribution in [0, 0.1) is 6.92 Å². The van der Waals surface area contributed by atoms with Crippen molar-refractivity contribution in [2.75, 3.05) is 6.61 Å². The number of thioether (sulfide) groups is 1. The first-order valence-electron chi connectivity index (χ1n) is 7.55. The first-order valence-corrected chi connectivity index (χ1v) is 9.41. The normalized spacial score (nSPS) is 10.7. The predicted octanol–water partition coefficient (Wildman–Crippen LogP) is 3.43. The Kier molecular flexibility index (Phi) is 6.81. The van der Waals surface area contributed by atoms with Crippen LogP contribution in [0.4, 0.5) is 0 Å². The Bertz CT molecular complexity index is 713. The van der Waals surface area contributed by atoms with E-state index in [0.717, 1.165) is 15.6 Å². The third-order valence-electron chi connectivity index (χ3n) is 2.93. The van der Waals surface area contributed by atoms with Crippen molar-refractivity contribution in [2.45, 2.75) is 37.5 Å². The predicted molar refractivity (Wildman–Crippen MR) is 96.4 cm³/mol. The number of hydrogen-bond acceptors (Lipinski definition) is 6. The van der Waals surface area contributed by atoms with Gasteiger partial charge in [-0.15, -0.1) is 23.1 Å². The summed E-state index contributed by atoms with van der Waals surface area (Å²) < 4.78 is 5.11.